The van der Waals surface area contributed by atoms with Crippen molar-refractivity contribution in [1.82, 2.24) is 9.97 Å². The van der Waals surface area contributed by atoms with Gasteiger partial charge in [0.15, 0.2) is 0 Å². The molecular weight excluding hydrogens is 334 g/mol. The van der Waals surface area contributed by atoms with E-state index in [9.17, 15) is 0 Å². The van der Waals surface area contributed by atoms with Crippen molar-refractivity contribution >= 4 is 32.7 Å². The second-order valence-corrected chi connectivity index (χ2v) is 6.08. The van der Waals surface area contributed by atoms with Crippen molar-refractivity contribution < 1.29 is 9.84 Å². The number of aromatic nitrogens is 2. The van der Waals surface area contributed by atoms with Crippen LogP contribution in [-0.4, -0.2) is 47.5 Å². The Balaban J connectivity index is 1.87. The molecule has 1 atom stereocenters. The van der Waals surface area contributed by atoms with E-state index < -0.39 is 0 Å². The average molecular weight is 352 g/mol. The predicted octanol–water partition coefficient (Wildman–Crippen LogP) is 2.37. The number of aliphatic hydroxyl groups excluding tert-OH is 1. The van der Waals surface area contributed by atoms with Gasteiger partial charge in [0, 0.05) is 22.9 Å². The third kappa shape index (κ3) is 3.33. The predicted molar refractivity (Wildman–Crippen MR) is 85.5 cm³/mol. The standard InChI is InChI=1S/C15H18BrN3O2/c16-11-3-4-14-13(8-11)15(18-10-17-14)19-5-1-2-12(9-19)21-7-6-20/h3-4,8,10,12,20H,1-2,5-7,9H2. The summed E-state index contributed by atoms with van der Waals surface area (Å²) in [6.45, 7) is 2.24. The van der Waals surface area contributed by atoms with Crippen LogP contribution in [-0.2, 0) is 4.74 Å². The zero-order valence-corrected chi connectivity index (χ0v) is 13.3. The maximum atomic E-state index is 8.89. The molecule has 0 spiro atoms. The van der Waals surface area contributed by atoms with Gasteiger partial charge in [-0.2, -0.15) is 0 Å². The van der Waals surface area contributed by atoms with Crippen LogP contribution in [0, 0.1) is 0 Å². The summed E-state index contributed by atoms with van der Waals surface area (Å²) in [5.74, 6) is 0.957. The van der Waals surface area contributed by atoms with Crippen molar-refractivity contribution in [1.29, 1.82) is 0 Å². The summed E-state index contributed by atoms with van der Waals surface area (Å²) in [7, 11) is 0. The van der Waals surface area contributed by atoms with Gasteiger partial charge in [-0.3, -0.25) is 0 Å². The zero-order chi connectivity index (χ0) is 14.7. The summed E-state index contributed by atoms with van der Waals surface area (Å²) >= 11 is 3.51. The van der Waals surface area contributed by atoms with Crippen molar-refractivity contribution in [3.05, 3.63) is 29.0 Å². The molecule has 1 aliphatic heterocycles. The number of hydrogen-bond donors (Lipinski definition) is 1. The highest BCUT2D eigenvalue weighted by Crippen LogP contribution is 2.28. The molecule has 1 unspecified atom stereocenters. The van der Waals surface area contributed by atoms with Gasteiger partial charge in [-0.15, -0.1) is 0 Å². The van der Waals surface area contributed by atoms with E-state index in [0.29, 0.717) is 6.61 Å². The second kappa shape index (κ2) is 6.68. The molecule has 112 valence electrons. The van der Waals surface area contributed by atoms with Gasteiger partial charge in [-0.05, 0) is 31.0 Å². The minimum Gasteiger partial charge on any atom is -0.394 e. The summed E-state index contributed by atoms with van der Waals surface area (Å²) in [6, 6.07) is 6.04. The molecule has 1 fully saturated rings. The molecule has 1 saturated heterocycles. The molecule has 1 N–H and O–H groups in total. The first-order chi connectivity index (χ1) is 10.3. The lowest BCUT2D eigenvalue weighted by molar-refractivity contribution is 0.0214. The van der Waals surface area contributed by atoms with Crippen molar-refractivity contribution in [2.24, 2.45) is 0 Å². The van der Waals surface area contributed by atoms with Crippen LogP contribution >= 0.6 is 15.9 Å². The normalized spacial score (nSPS) is 19.1. The summed E-state index contributed by atoms with van der Waals surface area (Å²) in [4.78, 5) is 11.1. The minimum atomic E-state index is 0.0693. The van der Waals surface area contributed by atoms with Gasteiger partial charge in [-0.25, -0.2) is 9.97 Å². The van der Waals surface area contributed by atoms with Gasteiger partial charge in [-0.1, -0.05) is 15.9 Å². The largest absolute Gasteiger partial charge is 0.394 e. The Labute approximate surface area is 132 Å². The van der Waals surface area contributed by atoms with Gasteiger partial charge >= 0.3 is 0 Å². The Morgan fingerprint density at radius 1 is 1.38 bits per heavy atom. The van der Waals surface area contributed by atoms with Crippen molar-refractivity contribution in [3.63, 3.8) is 0 Å². The number of benzene rings is 1. The third-order valence-electron chi connectivity index (χ3n) is 3.70. The fourth-order valence-corrected chi connectivity index (χ4v) is 3.11. The van der Waals surface area contributed by atoms with E-state index >= 15 is 0 Å². The van der Waals surface area contributed by atoms with Crippen LogP contribution < -0.4 is 4.90 Å². The molecule has 0 bridgehead atoms. The minimum absolute atomic E-state index is 0.0693. The van der Waals surface area contributed by atoms with E-state index in [0.717, 1.165) is 47.1 Å². The van der Waals surface area contributed by atoms with Gasteiger partial charge in [0.2, 0.25) is 0 Å². The first-order valence-electron chi connectivity index (χ1n) is 7.15. The molecule has 6 heteroatoms. The Kier molecular flexibility index (Phi) is 4.67. The molecule has 3 rings (SSSR count). The molecule has 1 aromatic carbocycles. The number of aliphatic hydroxyl groups is 1. The Morgan fingerprint density at radius 2 is 2.29 bits per heavy atom. The molecule has 0 saturated carbocycles. The van der Waals surface area contributed by atoms with E-state index in [1.165, 1.54) is 0 Å². The lowest BCUT2D eigenvalue weighted by atomic mass is 10.1. The van der Waals surface area contributed by atoms with E-state index in [1.807, 2.05) is 12.1 Å². The molecule has 1 aromatic heterocycles. The molecule has 0 amide bonds. The number of rotatable bonds is 4. The number of nitrogens with zero attached hydrogens (tertiary/aromatic N) is 3. The Hall–Kier alpha value is -1.24. The summed E-state index contributed by atoms with van der Waals surface area (Å²) in [5.41, 5.74) is 0.946. The number of hydrogen-bond acceptors (Lipinski definition) is 5. The highest BCUT2D eigenvalue weighted by atomic mass is 79.9. The molecule has 2 heterocycles. The molecule has 2 aromatic rings. The van der Waals surface area contributed by atoms with Crippen LogP contribution in [0.2, 0.25) is 0 Å². The van der Waals surface area contributed by atoms with Crippen LogP contribution in [0.15, 0.2) is 29.0 Å². The van der Waals surface area contributed by atoms with Crippen LogP contribution in [0.4, 0.5) is 5.82 Å². The second-order valence-electron chi connectivity index (χ2n) is 5.16. The van der Waals surface area contributed by atoms with Crippen LogP contribution in [0.3, 0.4) is 0 Å². The van der Waals surface area contributed by atoms with Crippen LogP contribution in [0.25, 0.3) is 10.9 Å². The smallest absolute Gasteiger partial charge is 0.140 e. The summed E-state index contributed by atoms with van der Waals surface area (Å²) < 4.78 is 6.70. The number of anilines is 1. The lowest BCUT2D eigenvalue weighted by Crippen LogP contribution is -2.40. The molecule has 21 heavy (non-hydrogen) atoms. The summed E-state index contributed by atoms with van der Waals surface area (Å²) in [6.07, 6.45) is 3.87. The molecular formula is C15H18BrN3O2. The molecule has 0 radical (unpaired) electrons. The van der Waals surface area contributed by atoms with Gasteiger partial charge in [0.1, 0.15) is 12.1 Å². The fourth-order valence-electron chi connectivity index (χ4n) is 2.75. The van der Waals surface area contributed by atoms with E-state index in [4.69, 9.17) is 9.84 Å². The monoisotopic (exact) mass is 351 g/mol. The maximum absolute atomic E-state index is 8.89. The number of ether oxygens (including phenoxy) is 1. The SMILES string of the molecule is OCCOC1CCCN(c2ncnc3ccc(Br)cc23)C1. The highest BCUT2D eigenvalue weighted by molar-refractivity contribution is 9.10. The lowest BCUT2D eigenvalue weighted by Gasteiger charge is -2.33. The number of halogens is 1. The van der Waals surface area contributed by atoms with Crippen molar-refractivity contribution in [2.75, 3.05) is 31.2 Å². The fraction of sp³-hybridized carbons (Fsp3) is 0.467. The topological polar surface area (TPSA) is 58.5 Å². The Bertz CT molecular complexity index is 623. The first kappa shape index (κ1) is 14.7. The average Bonchev–Trinajstić information content (AvgIpc) is 2.52. The van der Waals surface area contributed by atoms with E-state index in [-0.39, 0.29) is 12.7 Å². The first-order valence-corrected chi connectivity index (χ1v) is 7.95. The molecule has 1 aliphatic rings. The number of piperidine rings is 1. The van der Waals surface area contributed by atoms with E-state index in [2.05, 4.69) is 36.9 Å². The van der Waals surface area contributed by atoms with Gasteiger partial charge in [0.05, 0.1) is 24.8 Å². The maximum Gasteiger partial charge on any atom is 0.140 e. The van der Waals surface area contributed by atoms with Gasteiger partial charge < -0.3 is 14.7 Å². The third-order valence-corrected chi connectivity index (χ3v) is 4.19. The zero-order valence-electron chi connectivity index (χ0n) is 11.7. The summed E-state index contributed by atoms with van der Waals surface area (Å²) in [5, 5.41) is 9.94. The van der Waals surface area contributed by atoms with Crippen LogP contribution in [0.1, 0.15) is 12.8 Å². The van der Waals surface area contributed by atoms with E-state index in [1.54, 1.807) is 6.33 Å². The van der Waals surface area contributed by atoms with Crippen molar-refractivity contribution in [3.8, 4) is 0 Å². The van der Waals surface area contributed by atoms with Gasteiger partial charge in [0.25, 0.3) is 0 Å². The Morgan fingerprint density at radius 3 is 3.14 bits per heavy atom. The quantitative estimate of drug-likeness (QED) is 0.916. The number of fused-ring (bicyclic) bond motifs is 1. The highest BCUT2D eigenvalue weighted by Gasteiger charge is 2.22. The van der Waals surface area contributed by atoms with Crippen molar-refractivity contribution in [2.45, 2.75) is 18.9 Å². The van der Waals surface area contributed by atoms with Crippen LogP contribution in [0.5, 0.6) is 0 Å². The molecule has 0 aliphatic carbocycles. The molecule has 5 nitrogen and oxygen atoms in total.